The fourth-order valence-electron chi connectivity index (χ4n) is 3.41. The van der Waals surface area contributed by atoms with Crippen LogP contribution in [0.25, 0.3) is 0 Å². The molecule has 0 saturated heterocycles. The molecule has 0 fully saturated rings. The molecule has 1 aliphatic heterocycles. The molecule has 0 aliphatic carbocycles. The van der Waals surface area contributed by atoms with Crippen molar-refractivity contribution >= 4 is 45.5 Å². The molecule has 5 rings (SSSR count). The number of hydrazone groups is 1. The molecule has 0 spiro atoms. The Morgan fingerprint density at radius 1 is 1.18 bits per heavy atom. The number of ether oxygens (including phenoxy) is 1. The number of furan rings is 2. The van der Waals surface area contributed by atoms with Crippen LogP contribution >= 0.6 is 23.1 Å². The molecule has 33 heavy (non-hydrogen) atoms. The van der Waals surface area contributed by atoms with E-state index < -0.39 is 0 Å². The van der Waals surface area contributed by atoms with Crippen LogP contribution in [0.5, 0.6) is 5.75 Å². The topological polar surface area (TPSA) is 106 Å². The van der Waals surface area contributed by atoms with Gasteiger partial charge in [0.25, 0.3) is 5.91 Å². The summed E-state index contributed by atoms with van der Waals surface area (Å²) in [5.74, 6) is 2.04. The second-order valence-corrected chi connectivity index (χ2v) is 9.18. The number of carbonyl (C=O) groups is 1. The summed E-state index contributed by atoms with van der Waals surface area (Å²) in [6.45, 7) is 0. The van der Waals surface area contributed by atoms with Crippen LogP contribution in [0.3, 0.4) is 0 Å². The maximum atomic E-state index is 13.1. The number of thioether (sulfide) groups is 1. The Kier molecular flexibility index (Phi) is 6.13. The van der Waals surface area contributed by atoms with Crippen LogP contribution < -0.4 is 10.1 Å². The molecule has 1 aliphatic rings. The molecule has 3 aromatic heterocycles. The van der Waals surface area contributed by atoms with Crippen LogP contribution in [-0.2, 0) is 4.79 Å². The smallest absolute Gasteiger partial charge is 0.253 e. The third-order valence-corrected chi connectivity index (χ3v) is 6.87. The minimum absolute atomic E-state index is 0.155. The van der Waals surface area contributed by atoms with Gasteiger partial charge in [0.1, 0.15) is 29.0 Å². The first-order valence-electron chi connectivity index (χ1n) is 10.0. The first-order chi connectivity index (χ1) is 16.2. The molecule has 0 bridgehead atoms. The number of anilines is 2. The number of nitrogens with zero attached hydrogens (tertiary/aromatic N) is 4. The van der Waals surface area contributed by atoms with Gasteiger partial charge in [-0.25, -0.2) is 5.01 Å². The Hall–Kier alpha value is -3.57. The quantitative estimate of drug-likeness (QED) is 0.353. The van der Waals surface area contributed by atoms with Gasteiger partial charge < -0.3 is 18.9 Å². The Bertz CT molecular complexity index is 1250. The van der Waals surface area contributed by atoms with Gasteiger partial charge in [0.15, 0.2) is 4.34 Å². The number of rotatable bonds is 8. The molecule has 1 N–H and O–H groups in total. The molecule has 11 heteroatoms. The SMILES string of the molecule is COc1ccccc1Nc1nnc(SCC(=O)N2N=C(c3ccco3)CC2c2ccco2)s1. The summed E-state index contributed by atoms with van der Waals surface area (Å²) in [4.78, 5) is 13.1. The second-order valence-electron chi connectivity index (χ2n) is 6.98. The van der Waals surface area contributed by atoms with Gasteiger partial charge >= 0.3 is 0 Å². The number of amides is 1. The van der Waals surface area contributed by atoms with Gasteiger partial charge in [0.2, 0.25) is 5.13 Å². The van der Waals surface area contributed by atoms with E-state index in [0.717, 1.165) is 5.69 Å². The standard InChI is InChI=1S/C22H19N5O4S2/c1-29-17-7-3-2-6-14(17)23-21-24-25-22(33-21)32-13-20(28)27-16(19-9-5-11-31-19)12-15(26-27)18-8-4-10-30-18/h2-11,16H,12-13H2,1H3,(H,23,24). The minimum atomic E-state index is -0.314. The van der Waals surface area contributed by atoms with Gasteiger partial charge in [0, 0.05) is 6.42 Å². The van der Waals surface area contributed by atoms with Crippen LogP contribution in [0, 0.1) is 0 Å². The van der Waals surface area contributed by atoms with Crippen molar-refractivity contribution in [3.63, 3.8) is 0 Å². The molecular formula is C22H19N5O4S2. The molecule has 1 atom stereocenters. The van der Waals surface area contributed by atoms with E-state index in [1.165, 1.54) is 28.1 Å². The van der Waals surface area contributed by atoms with Gasteiger partial charge in [-0.3, -0.25) is 4.79 Å². The number of nitrogens with one attached hydrogen (secondary N) is 1. The number of aromatic nitrogens is 2. The van der Waals surface area contributed by atoms with E-state index in [9.17, 15) is 4.79 Å². The highest BCUT2D eigenvalue weighted by atomic mass is 32.2. The lowest BCUT2D eigenvalue weighted by molar-refractivity contribution is -0.130. The zero-order valence-corrected chi connectivity index (χ0v) is 19.1. The third-order valence-electron chi connectivity index (χ3n) is 4.92. The molecule has 1 unspecified atom stereocenters. The Morgan fingerprint density at radius 2 is 2.03 bits per heavy atom. The predicted octanol–water partition coefficient (Wildman–Crippen LogP) is 4.95. The fourth-order valence-corrected chi connectivity index (χ4v) is 5.02. The van der Waals surface area contributed by atoms with Crippen molar-refractivity contribution in [3.8, 4) is 5.75 Å². The molecular weight excluding hydrogens is 462 g/mol. The number of methoxy groups -OCH3 is 1. The fraction of sp³-hybridized carbons (Fsp3) is 0.182. The lowest BCUT2D eigenvalue weighted by Crippen LogP contribution is -2.28. The zero-order chi connectivity index (χ0) is 22.6. The summed E-state index contributed by atoms with van der Waals surface area (Å²) in [5.41, 5.74) is 1.50. The second kappa shape index (κ2) is 9.51. The van der Waals surface area contributed by atoms with Gasteiger partial charge in [0.05, 0.1) is 31.1 Å². The van der Waals surface area contributed by atoms with E-state index in [4.69, 9.17) is 13.6 Å². The number of benzene rings is 1. The maximum Gasteiger partial charge on any atom is 0.253 e. The van der Waals surface area contributed by atoms with E-state index in [-0.39, 0.29) is 17.7 Å². The van der Waals surface area contributed by atoms with Crippen molar-refractivity contribution in [1.29, 1.82) is 0 Å². The van der Waals surface area contributed by atoms with E-state index >= 15 is 0 Å². The van der Waals surface area contributed by atoms with Crippen molar-refractivity contribution in [3.05, 3.63) is 72.6 Å². The largest absolute Gasteiger partial charge is 0.495 e. The lowest BCUT2D eigenvalue weighted by Gasteiger charge is -2.19. The summed E-state index contributed by atoms with van der Waals surface area (Å²) < 4.78 is 17.1. The average Bonchev–Trinajstić information content (AvgIpc) is 3.63. The van der Waals surface area contributed by atoms with Gasteiger partial charge in [-0.2, -0.15) is 5.10 Å². The van der Waals surface area contributed by atoms with Crippen LogP contribution in [0.1, 0.15) is 24.0 Å². The van der Waals surface area contributed by atoms with E-state index in [0.29, 0.717) is 38.9 Å². The summed E-state index contributed by atoms with van der Waals surface area (Å²) in [7, 11) is 1.61. The van der Waals surface area contributed by atoms with Crippen LogP contribution in [0.2, 0.25) is 0 Å². The van der Waals surface area contributed by atoms with Crippen molar-refractivity contribution in [1.82, 2.24) is 15.2 Å². The molecule has 9 nitrogen and oxygen atoms in total. The highest BCUT2D eigenvalue weighted by molar-refractivity contribution is 8.01. The third kappa shape index (κ3) is 4.64. The Balaban J connectivity index is 1.26. The number of hydrogen-bond donors (Lipinski definition) is 1. The number of para-hydroxylation sites is 2. The molecule has 0 saturated carbocycles. The normalized spacial score (nSPS) is 15.5. The van der Waals surface area contributed by atoms with E-state index in [1.54, 1.807) is 31.8 Å². The average molecular weight is 482 g/mol. The van der Waals surface area contributed by atoms with Crippen LogP contribution in [0.15, 0.2) is 79.3 Å². The predicted molar refractivity (Wildman–Crippen MR) is 125 cm³/mol. The van der Waals surface area contributed by atoms with Crippen LogP contribution in [0.4, 0.5) is 10.8 Å². The summed E-state index contributed by atoms with van der Waals surface area (Å²) >= 11 is 2.68. The maximum absolute atomic E-state index is 13.1. The molecule has 4 heterocycles. The Labute approximate surface area is 197 Å². The molecule has 1 aromatic carbocycles. The molecule has 4 aromatic rings. The zero-order valence-electron chi connectivity index (χ0n) is 17.5. The first kappa shape index (κ1) is 21.3. The van der Waals surface area contributed by atoms with Gasteiger partial charge in [-0.1, -0.05) is 35.2 Å². The minimum Gasteiger partial charge on any atom is -0.495 e. The highest BCUT2D eigenvalue weighted by Crippen LogP contribution is 2.35. The van der Waals surface area contributed by atoms with E-state index in [2.05, 4.69) is 20.6 Å². The van der Waals surface area contributed by atoms with Crippen molar-refractivity contribution in [2.75, 3.05) is 18.2 Å². The van der Waals surface area contributed by atoms with Crippen LogP contribution in [-0.4, -0.2) is 39.7 Å². The van der Waals surface area contributed by atoms with Gasteiger partial charge in [-0.15, -0.1) is 10.2 Å². The lowest BCUT2D eigenvalue weighted by atomic mass is 10.1. The summed E-state index contributed by atoms with van der Waals surface area (Å²) in [6, 6.07) is 14.5. The Morgan fingerprint density at radius 3 is 2.82 bits per heavy atom. The van der Waals surface area contributed by atoms with Crippen molar-refractivity contribution in [2.45, 2.75) is 16.8 Å². The molecule has 1 amide bonds. The number of hydrogen-bond acceptors (Lipinski definition) is 10. The molecule has 168 valence electrons. The summed E-state index contributed by atoms with van der Waals surface area (Å²) in [6.07, 6.45) is 3.70. The highest BCUT2D eigenvalue weighted by Gasteiger charge is 2.35. The first-order valence-corrected chi connectivity index (χ1v) is 11.8. The van der Waals surface area contributed by atoms with Crippen molar-refractivity contribution < 1.29 is 18.4 Å². The number of carbonyl (C=O) groups excluding carboxylic acids is 1. The van der Waals surface area contributed by atoms with E-state index in [1.807, 2.05) is 36.4 Å². The van der Waals surface area contributed by atoms with Gasteiger partial charge in [-0.05, 0) is 36.4 Å². The van der Waals surface area contributed by atoms with Crippen molar-refractivity contribution in [2.24, 2.45) is 5.10 Å². The summed E-state index contributed by atoms with van der Waals surface area (Å²) in [5, 5.41) is 18.2. The molecule has 0 radical (unpaired) electrons. The monoisotopic (exact) mass is 481 g/mol.